The molecule has 3 atom stereocenters. The first-order valence-electron chi connectivity index (χ1n) is 7.48. The third-order valence-electron chi connectivity index (χ3n) is 3.91. The number of piperidine rings is 1. The molecule has 1 aliphatic heterocycles. The van der Waals surface area contributed by atoms with Crippen molar-refractivity contribution in [2.75, 3.05) is 19.7 Å². The predicted octanol–water partition coefficient (Wildman–Crippen LogP) is 3.23. The lowest BCUT2D eigenvalue weighted by molar-refractivity contribution is -0.0106. The fourth-order valence-electron chi connectivity index (χ4n) is 3.10. The molecule has 1 heterocycles. The summed E-state index contributed by atoms with van der Waals surface area (Å²) in [7, 11) is 0. The van der Waals surface area contributed by atoms with Gasteiger partial charge in [-0.1, -0.05) is 23.7 Å². The van der Waals surface area contributed by atoms with E-state index in [-0.39, 0.29) is 12.1 Å². The van der Waals surface area contributed by atoms with Crippen molar-refractivity contribution in [2.45, 2.75) is 44.9 Å². The molecule has 3 nitrogen and oxygen atoms in total. The first kappa shape index (κ1) is 15.8. The third-order valence-corrected chi connectivity index (χ3v) is 4.17. The van der Waals surface area contributed by atoms with Gasteiger partial charge in [-0.05, 0) is 50.9 Å². The number of benzene rings is 1. The summed E-state index contributed by atoms with van der Waals surface area (Å²) in [6.45, 7) is 6.95. The second-order valence-electron chi connectivity index (χ2n) is 5.57. The van der Waals surface area contributed by atoms with Crippen LogP contribution in [0.2, 0.25) is 5.02 Å². The lowest BCUT2D eigenvalue weighted by atomic mass is 9.96. The molecule has 0 spiro atoms. The number of hydrogen-bond acceptors (Lipinski definition) is 3. The molecule has 112 valence electrons. The van der Waals surface area contributed by atoms with E-state index in [0.717, 1.165) is 31.1 Å². The van der Waals surface area contributed by atoms with E-state index >= 15 is 0 Å². The van der Waals surface area contributed by atoms with Crippen LogP contribution in [-0.2, 0) is 4.74 Å². The van der Waals surface area contributed by atoms with Crippen molar-refractivity contribution in [1.82, 2.24) is 4.90 Å². The van der Waals surface area contributed by atoms with Crippen molar-refractivity contribution >= 4 is 11.6 Å². The number of ether oxygens (including phenoxy) is 1. The Hall–Kier alpha value is -0.610. The maximum absolute atomic E-state index is 6.24. The zero-order valence-corrected chi connectivity index (χ0v) is 13.1. The van der Waals surface area contributed by atoms with E-state index < -0.39 is 0 Å². The third kappa shape index (κ3) is 3.95. The summed E-state index contributed by atoms with van der Waals surface area (Å²) in [4.78, 5) is 2.46. The molecular weight excluding hydrogens is 272 g/mol. The summed E-state index contributed by atoms with van der Waals surface area (Å²) >= 11 is 5.98. The summed E-state index contributed by atoms with van der Waals surface area (Å²) in [6.07, 6.45) is 2.65. The molecule has 1 aromatic rings. The minimum Gasteiger partial charge on any atom is -0.377 e. The summed E-state index contributed by atoms with van der Waals surface area (Å²) in [5, 5.41) is 0.767. The summed E-state index contributed by atoms with van der Waals surface area (Å²) < 4.78 is 5.79. The zero-order valence-electron chi connectivity index (χ0n) is 12.4. The van der Waals surface area contributed by atoms with Crippen LogP contribution in [0.1, 0.15) is 38.3 Å². The van der Waals surface area contributed by atoms with Gasteiger partial charge in [-0.3, -0.25) is 4.90 Å². The van der Waals surface area contributed by atoms with Crippen LogP contribution >= 0.6 is 11.6 Å². The quantitative estimate of drug-likeness (QED) is 0.906. The zero-order chi connectivity index (χ0) is 14.5. The largest absolute Gasteiger partial charge is 0.377 e. The van der Waals surface area contributed by atoms with Gasteiger partial charge < -0.3 is 10.5 Å². The molecule has 0 amide bonds. The SMILES string of the molecule is CCOC1CCCN(C(c2ccc(Cl)cc2)C(C)N)C1. The molecule has 1 saturated heterocycles. The van der Waals surface area contributed by atoms with Gasteiger partial charge in [0.25, 0.3) is 0 Å². The molecule has 0 saturated carbocycles. The molecule has 0 aromatic heterocycles. The van der Waals surface area contributed by atoms with E-state index in [9.17, 15) is 0 Å². The molecule has 20 heavy (non-hydrogen) atoms. The maximum Gasteiger partial charge on any atom is 0.0702 e. The molecule has 0 bridgehead atoms. The van der Waals surface area contributed by atoms with Gasteiger partial charge >= 0.3 is 0 Å². The van der Waals surface area contributed by atoms with Gasteiger partial charge in [0.15, 0.2) is 0 Å². The van der Waals surface area contributed by atoms with Crippen LogP contribution in [0.3, 0.4) is 0 Å². The highest BCUT2D eigenvalue weighted by Gasteiger charge is 2.29. The summed E-state index contributed by atoms with van der Waals surface area (Å²) in [6, 6.07) is 8.36. The van der Waals surface area contributed by atoms with Crippen LogP contribution in [0.5, 0.6) is 0 Å². The Bertz CT molecular complexity index is 405. The van der Waals surface area contributed by atoms with Crippen molar-refractivity contribution in [3.8, 4) is 0 Å². The van der Waals surface area contributed by atoms with E-state index in [1.165, 1.54) is 12.0 Å². The van der Waals surface area contributed by atoms with Crippen LogP contribution in [0.25, 0.3) is 0 Å². The Morgan fingerprint density at radius 1 is 1.40 bits per heavy atom. The molecule has 1 fully saturated rings. The van der Waals surface area contributed by atoms with Gasteiger partial charge in [-0.15, -0.1) is 0 Å². The van der Waals surface area contributed by atoms with E-state index in [2.05, 4.69) is 30.9 Å². The monoisotopic (exact) mass is 296 g/mol. The molecule has 0 aliphatic carbocycles. The Morgan fingerprint density at radius 2 is 2.10 bits per heavy atom. The number of nitrogens with two attached hydrogens (primary N) is 1. The Balaban J connectivity index is 2.13. The van der Waals surface area contributed by atoms with Crippen LogP contribution in [0.4, 0.5) is 0 Å². The first-order chi connectivity index (χ1) is 9.61. The summed E-state index contributed by atoms with van der Waals surface area (Å²) in [5.74, 6) is 0. The molecular formula is C16H25ClN2O. The molecule has 2 rings (SSSR count). The number of nitrogens with zero attached hydrogens (tertiary/aromatic N) is 1. The number of halogens is 1. The van der Waals surface area contributed by atoms with Gasteiger partial charge in [-0.2, -0.15) is 0 Å². The van der Waals surface area contributed by atoms with E-state index in [4.69, 9.17) is 22.1 Å². The van der Waals surface area contributed by atoms with Crippen LogP contribution < -0.4 is 5.73 Å². The smallest absolute Gasteiger partial charge is 0.0702 e. The van der Waals surface area contributed by atoms with Crippen LogP contribution in [0.15, 0.2) is 24.3 Å². The van der Waals surface area contributed by atoms with Crippen LogP contribution in [-0.4, -0.2) is 36.7 Å². The Kier molecular flexibility index (Phi) is 5.85. The highest BCUT2D eigenvalue weighted by atomic mass is 35.5. The standard InChI is InChI=1S/C16H25ClN2O/c1-3-20-15-5-4-10-19(11-15)16(12(2)18)13-6-8-14(17)9-7-13/h6-9,12,15-16H,3-5,10-11,18H2,1-2H3. The normalized spacial score (nSPS) is 23.5. The fourth-order valence-corrected chi connectivity index (χ4v) is 3.22. The van der Waals surface area contributed by atoms with Crippen molar-refractivity contribution in [3.05, 3.63) is 34.9 Å². The molecule has 4 heteroatoms. The van der Waals surface area contributed by atoms with E-state index in [1.807, 2.05) is 12.1 Å². The van der Waals surface area contributed by atoms with E-state index in [0.29, 0.717) is 6.10 Å². The fraction of sp³-hybridized carbons (Fsp3) is 0.625. The van der Waals surface area contributed by atoms with Crippen molar-refractivity contribution in [1.29, 1.82) is 0 Å². The minimum atomic E-state index is 0.0801. The molecule has 2 N–H and O–H groups in total. The Labute approximate surface area is 127 Å². The molecule has 0 radical (unpaired) electrons. The molecule has 3 unspecified atom stereocenters. The van der Waals surface area contributed by atoms with Gasteiger partial charge in [0.1, 0.15) is 0 Å². The Morgan fingerprint density at radius 3 is 2.70 bits per heavy atom. The molecule has 1 aliphatic rings. The second kappa shape index (κ2) is 7.41. The number of hydrogen-bond donors (Lipinski definition) is 1. The minimum absolute atomic E-state index is 0.0801. The molecule has 1 aromatic carbocycles. The first-order valence-corrected chi connectivity index (χ1v) is 7.86. The van der Waals surface area contributed by atoms with Crippen molar-refractivity contribution < 1.29 is 4.74 Å². The highest BCUT2D eigenvalue weighted by Crippen LogP contribution is 2.28. The second-order valence-corrected chi connectivity index (χ2v) is 6.01. The maximum atomic E-state index is 6.24. The number of likely N-dealkylation sites (tertiary alicyclic amines) is 1. The van der Waals surface area contributed by atoms with Gasteiger partial charge in [0.05, 0.1) is 6.10 Å². The van der Waals surface area contributed by atoms with Gasteiger partial charge in [0, 0.05) is 30.3 Å². The van der Waals surface area contributed by atoms with Crippen molar-refractivity contribution in [2.24, 2.45) is 5.73 Å². The topological polar surface area (TPSA) is 38.5 Å². The number of rotatable bonds is 5. The predicted molar refractivity (Wildman–Crippen MR) is 84.1 cm³/mol. The average Bonchev–Trinajstić information content (AvgIpc) is 2.42. The lowest BCUT2D eigenvalue weighted by Gasteiger charge is -2.40. The average molecular weight is 297 g/mol. The van der Waals surface area contributed by atoms with Crippen molar-refractivity contribution in [3.63, 3.8) is 0 Å². The van der Waals surface area contributed by atoms with E-state index in [1.54, 1.807) is 0 Å². The van der Waals surface area contributed by atoms with Gasteiger partial charge in [0.2, 0.25) is 0 Å². The summed E-state index contributed by atoms with van der Waals surface area (Å²) in [5.41, 5.74) is 7.48. The highest BCUT2D eigenvalue weighted by molar-refractivity contribution is 6.30. The van der Waals surface area contributed by atoms with Crippen LogP contribution in [0, 0.1) is 0 Å². The van der Waals surface area contributed by atoms with Gasteiger partial charge in [-0.25, -0.2) is 0 Å². The lowest BCUT2D eigenvalue weighted by Crippen LogP contribution is -2.46.